The molecule has 0 aromatic carbocycles. The molecule has 2 rings (SSSR count). The molecule has 0 heterocycles. The van der Waals surface area contributed by atoms with Crippen LogP contribution >= 0.6 is 0 Å². The Morgan fingerprint density at radius 2 is 1.03 bits per heavy atom. The van der Waals surface area contributed by atoms with Gasteiger partial charge in [-0.1, -0.05) is 54.4 Å². The van der Waals surface area contributed by atoms with Gasteiger partial charge < -0.3 is 21.3 Å². The molecule has 4 N–H and O–H groups in total. The van der Waals surface area contributed by atoms with Gasteiger partial charge in [0.15, 0.2) is 0 Å². The molecule has 0 spiro atoms. The van der Waals surface area contributed by atoms with Crippen molar-refractivity contribution >= 4 is 12.1 Å². The molecule has 2 aliphatic carbocycles. The van der Waals surface area contributed by atoms with Crippen LogP contribution < -0.4 is 21.3 Å². The first-order chi connectivity index (χ1) is 14.9. The van der Waals surface area contributed by atoms with E-state index < -0.39 is 0 Å². The maximum Gasteiger partial charge on any atom is 0.315 e. The topological polar surface area (TPSA) is 82.3 Å². The quantitative estimate of drug-likeness (QED) is 0.346. The zero-order valence-corrected chi connectivity index (χ0v) is 21.6. The van der Waals surface area contributed by atoms with E-state index in [1.807, 2.05) is 0 Å². The van der Waals surface area contributed by atoms with Gasteiger partial charge in [0.25, 0.3) is 0 Å². The molecule has 0 unspecified atom stereocenters. The first-order valence-corrected chi connectivity index (χ1v) is 13.0. The van der Waals surface area contributed by atoms with E-state index in [0.29, 0.717) is 35.8 Å². The summed E-state index contributed by atoms with van der Waals surface area (Å²) in [5.74, 6) is 1.33. The van der Waals surface area contributed by atoms with E-state index in [1.54, 1.807) is 0 Å². The molecule has 0 aromatic rings. The van der Waals surface area contributed by atoms with Crippen LogP contribution in [-0.4, -0.2) is 37.2 Å². The number of nitrogens with one attached hydrogen (secondary N) is 4. The minimum absolute atomic E-state index is 0.0292. The summed E-state index contributed by atoms with van der Waals surface area (Å²) in [7, 11) is 0. The molecule has 0 saturated heterocycles. The van der Waals surface area contributed by atoms with E-state index >= 15 is 0 Å². The zero-order valence-electron chi connectivity index (χ0n) is 21.6. The molecule has 0 bridgehead atoms. The average molecular weight is 451 g/mol. The van der Waals surface area contributed by atoms with Gasteiger partial charge in [0, 0.05) is 25.2 Å². The van der Waals surface area contributed by atoms with E-state index in [-0.39, 0.29) is 24.1 Å². The summed E-state index contributed by atoms with van der Waals surface area (Å²) in [6, 6.07) is 0.514. The van der Waals surface area contributed by atoms with E-state index in [1.165, 1.54) is 12.8 Å². The molecule has 0 aromatic heterocycles. The van der Waals surface area contributed by atoms with Gasteiger partial charge in [0.05, 0.1) is 0 Å². The maximum absolute atomic E-state index is 12.2. The Morgan fingerprint density at radius 3 is 1.38 bits per heavy atom. The predicted molar refractivity (Wildman–Crippen MR) is 133 cm³/mol. The van der Waals surface area contributed by atoms with Crippen molar-refractivity contribution in [3.05, 3.63) is 0 Å². The van der Waals surface area contributed by atoms with Gasteiger partial charge in [0.1, 0.15) is 0 Å². The molecule has 186 valence electrons. The Labute approximate surface area is 196 Å². The van der Waals surface area contributed by atoms with Crippen molar-refractivity contribution in [1.29, 1.82) is 0 Å². The van der Waals surface area contributed by atoms with Crippen molar-refractivity contribution < 1.29 is 9.59 Å². The van der Waals surface area contributed by atoms with Crippen LogP contribution in [0.5, 0.6) is 0 Å². The van der Waals surface area contributed by atoms with Crippen LogP contribution in [0.15, 0.2) is 0 Å². The molecule has 2 aliphatic rings. The van der Waals surface area contributed by atoms with E-state index in [9.17, 15) is 9.59 Å². The van der Waals surface area contributed by atoms with Gasteiger partial charge in [-0.05, 0) is 74.0 Å². The lowest BCUT2D eigenvalue weighted by Crippen LogP contribution is -2.47. The van der Waals surface area contributed by atoms with Crippen LogP contribution in [0, 0.1) is 22.7 Å². The average Bonchev–Trinajstić information content (AvgIpc) is 2.60. The highest BCUT2D eigenvalue weighted by atomic mass is 16.2. The number of rotatable bonds is 9. The van der Waals surface area contributed by atoms with Crippen molar-refractivity contribution in [2.45, 2.75) is 118 Å². The molecule has 2 saturated carbocycles. The third-order valence-corrected chi connectivity index (χ3v) is 7.12. The fourth-order valence-electron chi connectivity index (χ4n) is 6.39. The van der Waals surface area contributed by atoms with Crippen molar-refractivity contribution in [3.8, 4) is 0 Å². The predicted octanol–water partition coefficient (Wildman–Crippen LogP) is 5.57. The monoisotopic (exact) mass is 450 g/mol. The van der Waals surface area contributed by atoms with E-state index in [2.05, 4.69) is 62.8 Å². The number of hydrogen-bond donors (Lipinski definition) is 4. The number of unbranched alkanes of at least 4 members (excludes halogenated alkanes) is 3. The normalized spacial score (nSPS) is 29.1. The summed E-state index contributed by atoms with van der Waals surface area (Å²) in [5, 5.41) is 12.3. The molecule has 0 radical (unpaired) electrons. The minimum Gasteiger partial charge on any atom is -0.338 e. The van der Waals surface area contributed by atoms with Gasteiger partial charge in [-0.3, -0.25) is 0 Å². The van der Waals surface area contributed by atoms with Gasteiger partial charge >= 0.3 is 12.1 Å². The maximum atomic E-state index is 12.2. The smallest absolute Gasteiger partial charge is 0.315 e. The summed E-state index contributed by atoms with van der Waals surface area (Å²) in [6.07, 6.45) is 10.8. The number of amides is 4. The minimum atomic E-state index is -0.0292. The summed E-state index contributed by atoms with van der Waals surface area (Å²) in [5.41, 5.74) is 0.623. The summed E-state index contributed by atoms with van der Waals surface area (Å²) in [4.78, 5) is 24.4. The summed E-state index contributed by atoms with van der Waals surface area (Å²) < 4.78 is 0. The standard InChI is InChI=1S/C26H50N4O2/c1-19-13-21(17-25(3,4)15-19)29-23(31)27-11-9-7-8-10-12-28-24(32)30-22-14-20(2)16-26(5,6)18-22/h19-22H,7-18H2,1-6H3,(H2,27,29,31)(H2,28,30,32)/t19-,20+,21-,22-/m0/s1. The Bertz CT molecular complexity index is 553. The van der Waals surface area contributed by atoms with Crippen molar-refractivity contribution in [3.63, 3.8) is 0 Å². The van der Waals surface area contributed by atoms with Crippen LogP contribution in [0.25, 0.3) is 0 Å². The highest BCUT2D eigenvalue weighted by Crippen LogP contribution is 2.39. The first kappa shape index (κ1) is 26.8. The summed E-state index contributed by atoms with van der Waals surface area (Å²) in [6.45, 7) is 15.2. The van der Waals surface area contributed by atoms with Gasteiger partial charge in [0.2, 0.25) is 0 Å². The van der Waals surface area contributed by atoms with Crippen LogP contribution in [0.2, 0.25) is 0 Å². The van der Waals surface area contributed by atoms with Crippen LogP contribution in [0.1, 0.15) is 106 Å². The molecule has 2 fully saturated rings. The van der Waals surface area contributed by atoms with Gasteiger partial charge in [-0.2, -0.15) is 0 Å². The zero-order chi connectivity index (χ0) is 23.8. The van der Waals surface area contributed by atoms with Crippen molar-refractivity contribution in [2.24, 2.45) is 22.7 Å². The lowest BCUT2D eigenvalue weighted by molar-refractivity contribution is 0.151. The Balaban J connectivity index is 1.46. The summed E-state index contributed by atoms with van der Waals surface area (Å²) >= 11 is 0. The second kappa shape index (κ2) is 12.1. The number of urea groups is 2. The lowest BCUT2D eigenvalue weighted by Gasteiger charge is -2.39. The first-order valence-electron chi connectivity index (χ1n) is 13.0. The molecule has 4 amide bonds. The Hall–Kier alpha value is -1.46. The second-order valence-electron chi connectivity index (χ2n) is 12.4. The fraction of sp³-hybridized carbons (Fsp3) is 0.923. The largest absolute Gasteiger partial charge is 0.338 e. The molecule has 0 aliphatic heterocycles. The lowest BCUT2D eigenvalue weighted by atomic mass is 9.70. The number of carbonyl (C=O) groups excluding carboxylic acids is 2. The van der Waals surface area contributed by atoms with Crippen molar-refractivity contribution in [2.75, 3.05) is 13.1 Å². The number of carbonyl (C=O) groups is 2. The highest BCUT2D eigenvalue weighted by molar-refractivity contribution is 5.74. The third kappa shape index (κ3) is 10.4. The van der Waals surface area contributed by atoms with Gasteiger partial charge in [-0.15, -0.1) is 0 Å². The fourth-order valence-corrected chi connectivity index (χ4v) is 6.39. The Kier molecular flexibility index (Phi) is 10.2. The van der Waals surface area contributed by atoms with Crippen LogP contribution in [-0.2, 0) is 0 Å². The highest BCUT2D eigenvalue weighted by Gasteiger charge is 2.33. The van der Waals surface area contributed by atoms with E-state index in [0.717, 1.165) is 51.4 Å². The van der Waals surface area contributed by atoms with Crippen molar-refractivity contribution in [1.82, 2.24) is 21.3 Å². The molecule has 4 atom stereocenters. The molecule has 6 heteroatoms. The second-order valence-corrected chi connectivity index (χ2v) is 12.4. The molecular formula is C26H50N4O2. The van der Waals surface area contributed by atoms with Crippen LogP contribution in [0.4, 0.5) is 9.59 Å². The molecule has 32 heavy (non-hydrogen) atoms. The number of hydrogen-bond acceptors (Lipinski definition) is 2. The van der Waals surface area contributed by atoms with E-state index in [4.69, 9.17) is 0 Å². The van der Waals surface area contributed by atoms with Gasteiger partial charge in [-0.25, -0.2) is 9.59 Å². The molecule has 6 nitrogen and oxygen atoms in total. The third-order valence-electron chi connectivity index (χ3n) is 7.12. The Morgan fingerprint density at radius 1 is 0.656 bits per heavy atom. The molecular weight excluding hydrogens is 400 g/mol. The van der Waals surface area contributed by atoms with Crippen LogP contribution in [0.3, 0.4) is 0 Å². The SMILES string of the molecule is C[C@@H]1C[C@H](NC(=O)NCCCCCCNC(=O)N[C@H]2C[C@H](C)CC(C)(C)C2)CC(C)(C)C1.